The van der Waals surface area contributed by atoms with Gasteiger partial charge in [0.2, 0.25) is 15.9 Å². The lowest BCUT2D eigenvalue weighted by atomic mass is 10.3. The molecule has 7 nitrogen and oxygen atoms in total. The number of hydrogen-bond acceptors (Lipinski definition) is 4. The number of hydrogen-bond donors (Lipinski definition) is 0. The van der Waals surface area contributed by atoms with E-state index in [9.17, 15) is 17.6 Å². The van der Waals surface area contributed by atoms with Crippen LogP contribution in [0.1, 0.15) is 12.0 Å². The van der Waals surface area contributed by atoms with Gasteiger partial charge in [-0.3, -0.25) is 4.79 Å². The monoisotopic (exact) mass is 454 g/mol. The molecule has 0 saturated carbocycles. The summed E-state index contributed by atoms with van der Waals surface area (Å²) in [4.78, 5) is 14.4. The number of sulfonamides is 1. The first kappa shape index (κ1) is 21.9. The number of aromatic nitrogens is 2. The Kier molecular flexibility index (Phi) is 6.48. The normalized spacial score (nSPS) is 15.7. The first-order valence-electron chi connectivity index (χ1n) is 10.3. The third-order valence-corrected chi connectivity index (χ3v) is 7.17. The van der Waals surface area contributed by atoms with Crippen LogP contribution in [0.3, 0.4) is 0 Å². The molecule has 32 heavy (non-hydrogen) atoms. The lowest BCUT2D eigenvalue weighted by Gasteiger charge is -2.21. The largest absolute Gasteiger partial charge is 0.338 e. The minimum Gasteiger partial charge on any atom is -0.338 e. The molecule has 2 aromatic carbocycles. The minimum atomic E-state index is -3.73. The van der Waals surface area contributed by atoms with Crippen LogP contribution in [-0.4, -0.2) is 59.5 Å². The highest BCUT2D eigenvalue weighted by atomic mass is 32.2. The van der Waals surface area contributed by atoms with Crippen molar-refractivity contribution in [1.29, 1.82) is 0 Å². The Balaban J connectivity index is 1.38. The van der Waals surface area contributed by atoms with Crippen LogP contribution < -0.4 is 0 Å². The molecule has 9 heteroatoms. The lowest BCUT2D eigenvalue weighted by Crippen LogP contribution is -2.36. The fraction of sp³-hybridized carbons (Fsp3) is 0.217. The number of halogens is 1. The van der Waals surface area contributed by atoms with Crippen molar-refractivity contribution in [2.75, 3.05) is 26.2 Å². The molecule has 1 aliphatic rings. The van der Waals surface area contributed by atoms with Crippen LogP contribution in [0.25, 0.3) is 11.8 Å². The summed E-state index contributed by atoms with van der Waals surface area (Å²) in [5.41, 5.74) is 1.71. The molecule has 0 N–H and O–H groups in total. The van der Waals surface area contributed by atoms with Crippen molar-refractivity contribution in [3.05, 3.63) is 84.4 Å². The Morgan fingerprint density at radius 1 is 0.969 bits per heavy atom. The molecule has 1 amide bonds. The predicted octanol–water partition coefficient (Wildman–Crippen LogP) is 2.95. The van der Waals surface area contributed by atoms with E-state index in [1.165, 1.54) is 22.5 Å². The highest BCUT2D eigenvalue weighted by Gasteiger charge is 2.27. The van der Waals surface area contributed by atoms with Crippen LogP contribution >= 0.6 is 0 Å². The van der Waals surface area contributed by atoms with Crippen LogP contribution in [0.15, 0.2) is 78.0 Å². The van der Waals surface area contributed by atoms with E-state index in [1.54, 1.807) is 21.9 Å². The molecule has 0 radical (unpaired) electrons. The first-order valence-corrected chi connectivity index (χ1v) is 11.7. The van der Waals surface area contributed by atoms with E-state index in [2.05, 4.69) is 5.10 Å². The van der Waals surface area contributed by atoms with E-state index in [1.807, 2.05) is 36.5 Å². The summed E-state index contributed by atoms with van der Waals surface area (Å²) in [6.07, 6.45) is 7.21. The number of para-hydroxylation sites is 1. The zero-order valence-electron chi connectivity index (χ0n) is 17.3. The molecule has 4 rings (SSSR count). The van der Waals surface area contributed by atoms with Gasteiger partial charge in [-0.05, 0) is 48.9 Å². The van der Waals surface area contributed by atoms with Crippen molar-refractivity contribution >= 4 is 22.0 Å². The zero-order chi connectivity index (χ0) is 22.6. The van der Waals surface area contributed by atoms with Gasteiger partial charge in [0.25, 0.3) is 0 Å². The second-order valence-electron chi connectivity index (χ2n) is 7.42. The molecular weight excluding hydrogens is 431 g/mol. The highest BCUT2D eigenvalue weighted by molar-refractivity contribution is 7.89. The molecule has 0 unspecified atom stereocenters. The fourth-order valence-corrected chi connectivity index (χ4v) is 5.00. The summed E-state index contributed by atoms with van der Waals surface area (Å²) in [5.74, 6) is -0.670. The maximum Gasteiger partial charge on any atom is 0.246 e. The summed E-state index contributed by atoms with van der Waals surface area (Å²) < 4.78 is 41.9. The third kappa shape index (κ3) is 4.95. The van der Waals surface area contributed by atoms with Crippen molar-refractivity contribution in [3.8, 4) is 5.69 Å². The van der Waals surface area contributed by atoms with Gasteiger partial charge in [-0.25, -0.2) is 17.5 Å². The average Bonchev–Trinajstić information content (AvgIpc) is 3.13. The standard InChI is InChI=1S/C23H23FN4O3S/c24-20-8-10-22(11-9-20)32(30,31)27-14-4-13-26(15-16-27)23(29)12-7-19-17-25-28(18-19)21-5-2-1-3-6-21/h1-3,5-12,17-18H,4,13-16H2. The van der Waals surface area contributed by atoms with Gasteiger partial charge in [0, 0.05) is 44.0 Å². The number of benzene rings is 2. The maximum absolute atomic E-state index is 13.1. The summed E-state index contributed by atoms with van der Waals surface area (Å²) in [6.45, 7) is 1.23. The molecule has 0 atom stereocenters. The fourth-order valence-electron chi connectivity index (χ4n) is 3.53. The Hall–Kier alpha value is -3.30. The van der Waals surface area contributed by atoms with Crippen molar-refractivity contribution in [2.45, 2.75) is 11.3 Å². The molecule has 2 heterocycles. The predicted molar refractivity (Wildman–Crippen MR) is 119 cm³/mol. The van der Waals surface area contributed by atoms with E-state index in [0.717, 1.165) is 23.4 Å². The maximum atomic E-state index is 13.1. The SMILES string of the molecule is O=C(C=Cc1cnn(-c2ccccc2)c1)N1CCCN(S(=O)(=O)c2ccc(F)cc2)CC1. The van der Waals surface area contributed by atoms with Gasteiger partial charge in [0.1, 0.15) is 5.82 Å². The lowest BCUT2D eigenvalue weighted by molar-refractivity contribution is -0.125. The van der Waals surface area contributed by atoms with Crippen molar-refractivity contribution in [2.24, 2.45) is 0 Å². The highest BCUT2D eigenvalue weighted by Crippen LogP contribution is 2.18. The van der Waals surface area contributed by atoms with Crippen LogP contribution in [0.5, 0.6) is 0 Å². The molecule has 1 aromatic heterocycles. The van der Waals surface area contributed by atoms with Crippen molar-refractivity contribution in [3.63, 3.8) is 0 Å². The van der Waals surface area contributed by atoms with E-state index >= 15 is 0 Å². The second kappa shape index (κ2) is 9.46. The molecule has 166 valence electrons. The Bertz CT molecular complexity index is 1210. The Morgan fingerprint density at radius 2 is 1.72 bits per heavy atom. The topological polar surface area (TPSA) is 75.5 Å². The Morgan fingerprint density at radius 3 is 2.47 bits per heavy atom. The molecule has 0 spiro atoms. The molecular formula is C23H23FN4O3S. The van der Waals surface area contributed by atoms with Gasteiger partial charge in [0.15, 0.2) is 0 Å². The number of rotatable bonds is 5. The van der Waals surface area contributed by atoms with Crippen LogP contribution in [0.4, 0.5) is 4.39 Å². The quantitative estimate of drug-likeness (QED) is 0.556. The molecule has 1 aliphatic heterocycles. The third-order valence-electron chi connectivity index (χ3n) is 5.26. The van der Waals surface area contributed by atoms with Crippen molar-refractivity contribution < 1.29 is 17.6 Å². The minimum absolute atomic E-state index is 0.0500. The van der Waals surface area contributed by atoms with E-state index in [0.29, 0.717) is 19.5 Å². The number of amides is 1. The summed E-state index contributed by atoms with van der Waals surface area (Å²) in [7, 11) is -3.73. The van der Waals surface area contributed by atoms with Crippen LogP contribution in [-0.2, 0) is 14.8 Å². The summed E-state index contributed by atoms with van der Waals surface area (Å²) >= 11 is 0. The number of carbonyl (C=O) groups is 1. The van der Waals surface area contributed by atoms with E-state index < -0.39 is 15.8 Å². The molecule has 0 aliphatic carbocycles. The van der Waals surface area contributed by atoms with Gasteiger partial charge in [-0.15, -0.1) is 0 Å². The van der Waals surface area contributed by atoms with Crippen LogP contribution in [0.2, 0.25) is 0 Å². The van der Waals surface area contributed by atoms with Gasteiger partial charge >= 0.3 is 0 Å². The number of nitrogens with zero attached hydrogens (tertiary/aromatic N) is 4. The van der Waals surface area contributed by atoms with Gasteiger partial charge < -0.3 is 4.90 Å². The molecule has 1 saturated heterocycles. The Labute approximate surface area is 186 Å². The average molecular weight is 455 g/mol. The molecule has 3 aromatic rings. The van der Waals surface area contributed by atoms with E-state index in [4.69, 9.17) is 0 Å². The zero-order valence-corrected chi connectivity index (χ0v) is 18.2. The van der Waals surface area contributed by atoms with Crippen LogP contribution in [0, 0.1) is 5.82 Å². The summed E-state index contributed by atoms with van der Waals surface area (Å²) in [5, 5.41) is 4.31. The second-order valence-corrected chi connectivity index (χ2v) is 9.36. The van der Waals surface area contributed by atoms with Gasteiger partial charge in [0.05, 0.1) is 16.8 Å². The first-order chi connectivity index (χ1) is 15.4. The molecule has 0 bridgehead atoms. The smallest absolute Gasteiger partial charge is 0.246 e. The number of carbonyl (C=O) groups excluding carboxylic acids is 1. The van der Waals surface area contributed by atoms with Crippen molar-refractivity contribution in [1.82, 2.24) is 19.0 Å². The summed E-state index contributed by atoms with van der Waals surface area (Å²) in [6, 6.07) is 14.4. The van der Waals surface area contributed by atoms with E-state index in [-0.39, 0.29) is 23.9 Å². The van der Waals surface area contributed by atoms with Gasteiger partial charge in [-0.2, -0.15) is 9.40 Å². The van der Waals surface area contributed by atoms with Gasteiger partial charge in [-0.1, -0.05) is 18.2 Å². The molecule has 1 fully saturated rings.